The molecule has 0 radical (unpaired) electrons. The number of hydrogen-bond donors (Lipinski definition) is 1. The summed E-state index contributed by atoms with van der Waals surface area (Å²) in [7, 11) is 3.19. The highest BCUT2D eigenvalue weighted by molar-refractivity contribution is 5.98. The maximum absolute atomic E-state index is 13.2. The third-order valence-electron chi connectivity index (χ3n) is 6.02. The van der Waals surface area contributed by atoms with Crippen LogP contribution in [0.1, 0.15) is 50.4 Å². The molecule has 0 saturated carbocycles. The van der Waals surface area contributed by atoms with E-state index in [1.54, 1.807) is 37.1 Å². The Balaban J connectivity index is 2.37. The number of halogens is 3. The summed E-state index contributed by atoms with van der Waals surface area (Å²) in [5, 5.41) is 2.78. The first-order valence-electron chi connectivity index (χ1n) is 11.6. The number of fused-ring (bicyclic) bond motifs is 1. The molecular weight excluding hydrogens is 451 g/mol. The fraction of sp³-hybridized carbons (Fsp3) is 0.667. The summed E-state index contributed by atoms with van der Waals surface area (Å²) in [4.78, 5) is 28.5. The Kier molecular flexibility index (Phi) is 10.2. The Morgan fingerprint density at radius 2 is 1.97 bits per heavy atom. The molecule has 0 aliphatic carbocycles. The second-order valence-corrected chi connectivity index (χ2v) is 8.97. The fourth-order valence-corrected chi connectivity index (χ4v) is 3.96. The summed E-state index contributed by atoms with van der Waals surface area (Å²) >= 11 is 0. The fourth-order valence-electron chi connectivity index (χ4n) is 3.96. The maximum atomic E-state index is 13.2. The van der Waals surface area contributed by atoms with E-state index >= 15 is 0 Å². The summed E-state index contributed by atoms with van der Waals surface area (Å²) in [5.74, 6) is -0.261. The van der Waals surface area contributed by atoms with E-state index in [0.717, 1.165) is 0 Å². The van der Waals surface area contributed by atoms with Crippen molar-refractivity contribution in [3.8, 4) is 5.75 Å². The van der Waals surface area contributed by atoms with Gasteiger partial charge in [0.1, 0.15) is 12.4 Å². The van der Waals surface area contributed by atoms with Gasteiger partial charge in [0.2, 0.25) is 5.91 Å². The summed E-state index contributed by atoms with van der Waals surface area (Å²) in [6, 6.07) is 4.48. The number of ether oxygens (including phenoxy) is 2. The van der Waals surface area contributed by atoms with Gasteiger partial charge in [0, 0.05) is 58.0 Å². The lowest BCUT2D eigenvalue weighted by Gasteiger charge is -2.36. The number of alkyl halides is 3. The van der Waals surface area contributed by atoms with Crippen molar-refractivity contribution in [1.82, 2.24) is 9.80 Å². The van der Waals surface area contributed by atoms with E-state index in [2.05, 4.69) is 5.32 Å². The van der Waals surface area contributed by atoms with Crippen LogP contribution in [-0.2, 0) is 9.53 Å². The molecule has 1 heterocycles. The third-order valence-corrected chi connectivity index (χ3v) is 6.02. The van der Waals surface area contributed by atoms with Crippen molar-refractivity contribution in [2.45, 2.75) is 58.4 Å². The SMILES string of the molecule is CCCC(=O)Nc1ccc2c(c1)OC[C@H](C)N(CCC(F)(F)F)C[C@H](C)[C@H](OC)CN(C)C2=O. The second-order valence-electron chi connectivity index (χ2n) is 8.97. The van der Waals surface area contributed by atoms with E-state index in [1.165, 1.54) is 12.0 Å². The number of amides is 2. The highest BCUT2D eigenvalue weighted by Gasteiger charge is 2.32. The highest BCUT2D eigenvalue weighted by Crippen LogP contribution is 2.27. The number of nitrogens with zero attached hydrogens (tertiary/aromatic N) is 2. The maximum Gasteiger partial charge on any atom is 0.390 e. The minimum Gasteiger partial charge on any atom is -0.491 e. The smallest absolute Gasteiger partial charge is 0.390 e. The molecule has 2 amide bonds. The molecule has 3 atom stereocenters. The Hall–Kier alpha value is -2.33. The second kappa shape index (κ2) is 12.4. The Bertz CT molecular complexity index is 834. The lowest BCUT2D eigenvalue weighted by atomic mass is 10.0. The first-order chi connectivity index (χ1) is 15.9. The van der Waals surface area contributed by atoms with Crippen molar-refractivity contribution >= 4 is 17.5 Å². The van der Waals surface area contributed by atoms with Gasteiger partial charge in [-0.15, -0.1) is 0 Å². The molecule has 2 rings (SSSR count). The van der Waals surface area contributed by atoms with Gasteiger partial charge in [-0.1, -0.05) is 13.8 Å². The number of methoxy groups -OCH3 is 1. The van der Waals surface area contributed by atoms with Gasteiger partial charge in [0.25, 0.3) is 5.91 Å². The van der Waals surface area contributed by atoms with Crippen molar-refractivity contribution in [1.29, 1.82) is 0 Å². The quantitative estimate of drug-likeness (QED) is 0.652. The molecule has 34 heavy (non-hydrogen) atoms. The zero-order chi connectivity index (χ0) is 25.5. The van der Waals surface area contributed by atoms with Gasteiger partial charge in [0.05, 0.1) is 18.1 Å². The predicted molar refractivity (Wildman–Crippen MR) is 124 cm³/mol. The lowest BCUT2D eigenvalue weighted by molar-refractivity contribution is -0.140. The molecule has 192 valence electrons. The van der Waals surface area contributed by atoms with Crippen LogP contribution in [0.2, 0.25) is 0 Å². The van der Waals surface area contributed by atoms with Crippen LogP contribution in [0.5, 0.6) is 5.75 Å². The molecule has 7 nitrogen and oxygen atoms in total. The van der Waals surface area contributed by atoms with Gasteiger partial charge in [-0.25, -0.2) is 0 Å². The average molecular weight is 488 g/mol. The third kappa shape index (κ3) is 8.16. The van der Waals surface area contributed by atoms with Crippen LogP contribution < -0.4 is 10.1 Å². The van der Waals surface area contributed by atoms with Crippen LogP contribution >= 0.6 is 0 Å². The van der Waals surface area contributed by atoms with E-state index < -0.39 is 12.6 Å². The van der Waals surface area contributed by atoms with Crippen LogP contribution in [-0.4, -0.2) is 80.3 Å². The zero-order valence-electron chi connectivity index (χ0n) is 20.6. The Labute approximate surface area is 199 Å². The number of carbonyl (C=O) groups is 2. The van der Waals surface area contributed by atoms with Gasteiger partial charge in [0.15, 0.2) is 0 Å². The molecule has 0 unspecified atom stereocenters. The molecule has 0 fully saturated rings. The molecule has 1 aromatic rings. The van der Waals surface area contributed by atoms with Crippen molar-refractivity contribution in [2.75, 3.05) is 45.7 Å². The van der Waals surface area contributed by atoms with Gasteiger partial charge in [-0.2, -0.15) is 13.2 Å². The van der Waals surface area contributed by atoms with Gasteiger partial charge >= 0.3 is 6.18 Å². The molecule has 1 N–H and O–H groups in total. The molecule has 1 aliphatic rings. The summed E-state index contributed by atoms with van der Waals surface area (Å²) in [5.41, 5.74) is 0.804. The monoisotopic (exact) mass is 487 g/mol. The molecule has 0 spiro atoms. The van der Waals surface area contributed by atoms with E-state index in [4.69, 9.17) is 9.47 Å². The van der Waals surface area contributed by atoms with E-state index in [1.807, 2.05) is 13.8 Å². The standard InChI is InChI=1S/C24H36F3N3O4/c1-6-7-22(31)28-18-8-9-19-20(12-18)34-15-17(3)30(11-10-24(25,26)27)13-16(2)21(33-5)14-29(4)23(19)32/h8-9,12,16-17,21H,6-7,10-11,13-15H2,1-5H3,(H,28,31)/t16-,17-,21+/m0/s1. The molecule has 1 aliphatic heterocycles. The average Bonchev–Trinajstić information content (AvgIpc) is 2.76. The van der Waals surface area contributed by atoms with E-state index in [-0.39, 0.29) is 55.3 Å². The van der Waals surface area contributed by atoms with Gasteiger partial charge in [-0.05, 0) is 31.4 Å². The summed E-state index contributed by atoms with van der Waals surface area (Å²) in [6.45, 7) is 6.16. The molecule has 0 saturated heterocycles. The molecule has 0 aromatic heterocycles. The van der Waals surface area contributed by atoms with E-state index in [9.17, 15) is 22.8 Å². The minimum atomic E-state index is -4.26. The van der Waals surface area contributed by atoms with Crippen molar-refractivity contribution in [3.63, 3.8) is 0 Å². The van der Waals surface area contributed by atoms with Crippen LogP contribution in [0.15, 0.2) is 18.2 Å². The highest BCUT2D eigenvalue weighted by atomic mass is 19.4. The summed E-state index contributed by atoms with van der Waals surface area (Å²) < 4.78 is 50.5. The Morgan fingerprint density at radius 1 is 1.26 bits per heavy atom. The number of benzene rings is 1. The molecular formula is C24H36F3N3O4. The normalized spacial score (nSPS) is 22.9. The first kappa shape index (κ1) is 27.9. The first-order valence-corrected chi connectivity index (χ1v) is 11.6. The molecule has 1 aromatic carbocycles. The van der Waals surface area contributed by atoms with Crippen molar-refractivity contribution in [3.05, 3.63) is 23.8 Å². The number of hydrogen-bond acceptors (Lipinski definition) is 5. The predicted octanol–water partition coefficient (Wildman–Crippen LogP) is 4.18. The van der Waals surface area contributed by atoms with Crippen molar-refractivity contribution in [2.24, 2.45) is 5.92 Å². The van der Waals surface area contributed by atoms with Gasteiger partial charge < -0.3 is 19.7 Å². The van der Waals surface area contributed by atoms with Crippen LogP contribution in [0, 0.1) is 5.92 Å². The summed E-state index contributed by atoms with van der Waals surface area (Å²) in [6.07, 6.45) is -4.49. The van der Waals surface area contributed by atoms with Gasteiger partial charge in [-0.3, -0.25) is 14.5 Å². The lowest BCUT2D eigenvalue weighted by Crippen LogP contribution is -2.47. The number of anilines is 1. The Morgan fingerprint density at radius 3 is 2.59 bits per heavy atom. The van der Waals surface area contributed by atoms with Crippen LogP contribution in [0.4, 0.5) is 18.9 Å². The number of rotatable bonds is 6. The van der Waals surface area contributed by atoms with E-state index in [0.29, 0.717) is 30.6 Å². The van der Waals surface area contributed by atoms with Crippen molar-refractivity contribution < 1.29 is 32.2 Å². The number of nitrogens with one attached hydrogen (secondary N) is 1. The van der Waals surface area contributed by atoms with Crippen LogP contribution in [0.25, 0.3) is 0 Å². The zero-order valence-corrected chi connectivity index (χ0v) is 20.6. The van der Waals surface area contributed by atoms with Crippen LogP contribution in [0.3, 0.4) is 0 Å². The molecule has 10 heteroatoms. The topological polar surface area (TPSA) is 71.1 Å². The largest absolute Gasteiger partial charge is 0.491 e. The number of carbonyl (C=O) groups excluding carboxylic acids is 2. The minimum absolute atomic E-state index is 0.0819. The number of likely N-dealkylation sites (N-methyl/N-ethyl adjacent to an activating group) is 1. The molecule has 0 bridgehead atoms.